The molecule has 0 bridgehead atoms. The molecule has 5 rings (SSSR count). The lowest BCUT2D eigenvalue weighted by atomic mass is 9.52. The van der Waals surface area contributed by atoms with E-state index in [0.717, 1.165) is 0 Å². The molecule has 1 amide bonds. The lowest BCUT2D eigenvalue weighted by molar-refractivity contribution is -0.181. The summed E-state index contributed by atoms with van der Waals surface area (Å²) in [7, 11) is 6.68. The monoisotopic (exact) mass is 523 g/mol. The first kappa shape index (κ1) is 25.8. The average Bonchev–Trinajstić information content (AvgIpc) is 3.35. The third-order valence-corrected chi connectivity index (χ3v) is 8.35. The van der Waals surface area contributed by atoms with E-state index in [0.29, 0.717) is 22.4 Å². The van der Waals surface area contributed by atoms with Crippen LogP contribution in [0.2, 0.25) is 0 Å². The van der Waals surface area contributed by atoms with Crippen molar-refractivity contribution < 1.29 is 38.6 Å². The standard InChI is InChI=1S/C27H29N3O8/c1-29(2)16-9-13(11-5-6-38-10-11)21(31)18-14(16)7-12-8-15-20(30(3)4)23(33)19(26(28)36)25(35)27(15,37)24(34)17(12)22(18)32/h5-6,9-10,12,15,17,19-20,31,37H,7-8H2,1-4H3,(H2,28,36)/t12-,15-,17?,19?,20-,27+/m1/s1. The third kappa shape index (κ3) is 3.31. The Morgan fingerprint density at radius 2 is 1.82 bits per heavy atom. The molecule has 3 aliphatic rings. The fraction of sp³-hybridized carbons (Fsp3) is 0.444. The number of hydrogen-bond acceptors (Lipinski definition) is 10. The lowest BCUT2D eigenvalue weighted by Crippen LogP contribution is -2.74. The Kier molecular flexibility index (Phi) is 5.84. The number of likely N-dealkylation sites (N-methyl/N-ethyl adjacent to an activating group) is 1. The van der Waals surface area contributed by atoms with E-state index in [1.54, 1.807) is 45.2 Å². The van der Waals surface area contributed by atoms with Crippen LogP contribution in [0.4, 0.5) is 5.69 Å². The van der Waals surface area contributed by atoms with E-state index in [1.807, 2.05) is 0 Å². The highest BCUT2D eigenvalue weighted by molar-refractivity contribution is 6.32. The van der Waals surface area contributed by atoms with Gasteiger partial charge in [-0.2, -0.15) is 0 Å². The highest BCUT2D eigenvalue weighted by Gasteiger charge is 2.69. The minimum Gasteiger partial charge on any atom is -0.507 e. The summed E-state index contributed by atoms with van der Waals surface area (Å²) in [6.45, 7) is 0. The number of aliphatic hydroxyl groups is 1. The summed E-state index contributed by atoms with van der Waals surface area (Å²) >= 11 is 0. The Hall–Kier alpha value is -3.83. The van der Waals surface area contributed by atoms with E-state index in [4.69, 9.17) is 10.2 Å². The quantitative estimate of drug-likeness (QED) is 0.470. The van der Waals surface area contributed by atoms with Crippen molar-refractivity contribution in [3.8, 4) is 16.9 Å². The van der Waals surface area contributed by atoms with Gasteiger partial charge in [0.1, 0.15) is 5.75 Å². The molecule has 0 radical (unpaired) electrons. The molecule has 11 heteroatoms. The largest absolute Gasteiger partial charge is 0.507 e. The van der Waals surface area contributed by atoms with Gasteiger partial charge in [-0.3, -0.25) is 28.9 Å². The Morgan fingerprint density at radius 1 is 1.13 bits per heavy atom. The molecule has 2 fully saturated rings. The molecule has 1 aromatic heterocycles. The van der Waals surface area contributed by atoms with Gasteiger partial charge in [-0.1, -0.05) is 0 Å². The number of nitrogens with two attached hydrogens (primary N) is 1. The van der Waals surface area contributed by atoms with E-state index in [1.165, 1.54) is 17.4 Å². The lowest BCUT2D eigenvalue weighted by Gasteiger charge is -2.52. The molecule has 0 spiro atoms. The predicted molar refractivity (Wildman–Crippen MR) is 133 cm³/mol. The summed E-state index contributed by atoms with van der Waals surface area (Å²) in [5.41, 5.74) is 4.59. The molecule has 2 saturated carbocycles. The van der Waals surface area contributed by atoms with Crippen molar-refractivity contribution in [3.05, 3.63) is 35.8 Å². The van der Waals surface area contributed by atoms with Crippen LogP contribution in [0.5, 0.6) is 5.75 Å². The zero-order valence-corrected chi connectivity index (χ0v) is 21.4. The highest BCUT2D eigenvalue weighted by Crippen LogP contribution is 2.53. The Bertz CT molecular complexity index is 1400. The molecule has 1 aromatic carbocycles. The van der Waals surface area contributed by atoms with Gasteiger partial charge in [0.05, 0.1) is 30.0 Å². The summed E-state index contributed by atoms with van der Waals surface area (Å²) in [6, 6.07) is 2.22. The number of anilines is 1. The Labute approximate surface area is 218 Å². The normalized spacial score (nSPS) is 30.6. The summed E-state index contributed by atoms with van der Waals surface area (Å²) in [4.78, 5) is 69.8. The second-order valence-electron chi connectivity index (χ2n) is 10.8. The maximum Gasteiger partial charge on any atom is 0.235 e. The number of nitrogens with zero attached hydrogens (tertiary/aromatic N) is 2. The van der Waals surface area contributed by atoms with E-state index in [2.05, 4.69) is 0 Å². The summed E-state index contributed by atoms with van der Waals surface area (Å²) in [5.74, 6) is -10.7. The number of aromatic hydroxyl groups is 1. The smallest absolute Gasteiger partial charge is 0.235 e. The van der Waals surface area contributed by atoms with Crippen LogP contribution in [-0.4, -0.2) is 84.0 Å². The van der Waals surface area contributed by atoms with E-state index in [-0.39, 0.29) is 24.2 Å². The number of fused-ring (bicyclic) bond motifs is 3. The molecule has 2 aromatic rings. The molecule has 0 aliphatic heterocycles. The maximum atomic E-state index is 14.0. The molecule has 3 aliphatic carbocycles. The first-order valence-electron chi connectivity index (χ1n) is 12.3. The van der Waals surface area contributed by atoms with Gasteiger partial charge in [-0.05, 0) is 50.6 Å². The van der Waals surface area contributed by atoms with Crippen molar-refractivity contribution in [1.29, 1.82) is 0 Å². The zero-order chi connectivity index (χ0) is 27.8. The van der Waals surface area contributed by atoms with Gasteiger partial charge in [0, 0.05) is 36.8 Å². The molecule has 6 atom stereocenters. The topological polar surface area (TPSA) is 171 Å². The summed E-state index contributed by atoms with van der Waals surface area (Å²) in [5, 5.41) is 22.9. The van der Waals surface area contributed by atoms with E-state index < -0.39 is 64.4 Å². The van der Waals surface area contributed by atoms with Gasteiger partial charge in [0.25, 0.3) is 0 Å². The predicted octanol–water partition coefficient (Wildman–Crippen LogP) is 0.193. The van der Waals surface area contributed by atoms with Gasteiger partial charge in [-0.25, -0.2) is 0 Å². The van der Waals surface area contributed by atoms with Gasteiger partial charge in [0.2, 0.25) is 5.91 Å². The van der Waals surface area contributed by atoms with Crippen LogP contribution in [0.1, 0.15) is 22.3 Å². The molecular formula is C27H29N3O8. The number of benzene rings is 1. The number of phenols is 1. The SMILES string of the molecule is CN(C)c1cc(-c2ccoc2)c(O)c2c1C[C@@H]1C[C@@H]3[C@@H](N(C)C)C(=O)C(C(N)=O)C(=O)[C@@]3(O)C(=O)C1C2=O. The van der Waals surface area contributed by atoms with Gasteiger partial charge >= 0.3 is 0 Å². The summed E-state index contributed by atoms with van der Waals surface area (Å²) in [6.07, 6.45) is 3.03. The first-order chi connectivity index (χ1) is 17.8. The number of primary amides is 1. The molecule has 200 valence electrons. The third-order valence-electron chi connectivity index (χ3n) is 8.35. The number of phenolic OH excluding ortho intramolecular Hbond substituents is 1. The second-order valence-corrected chi connectivity index (χ2v) is 10.8. The molecule has 2 unspecified atom stereocenters. The minimum atomic E-state index is -2.75. The fourth-order valence-electron chi connectivity index (χ4n) is 6.69. The number of ketones is 4. The molecule has 1 heterocycles. The van der Waals surface area contributed by atoms with Gasteiger partial charge in [-0.15, -0.1) is 0 Å². The van der Waals surface area contributed by atoms with Crippen LogP contribution in [-0.2, 0) is 25.6 Å². The highest BCUT2D eigenvalue weighted by atomic mass is 16.3. The van der Waals surface area contributed by atoms with Crippen LogP contribution in [0.25, 0.3) is 11.1 Å². The molecule has 38 heavy (non-hydrogen) atoms. The maximum absolute atomic E-state index is 14.0. The van der Waals surface area contributed by atoms with Crippen LogP contribution < -0.4 is 10.6 Å². The molecular weight excluding hydrogens is 494 g/mol. The number of rotatable bonds is 4. The molecule has 11 nitrogen and oxygen atoms in total. The van der Waals surface area contributed by atoms with E-state index >= 15 is 0 Å². The summed E-state index contributed by atoms with van der Waals surface area (Å²) < 4.78 is 5.15. The Morgan fingerprint density at radius 3 is 2.37 bits per heavy atom. The van der Waals surface area contributed by atoms with Crippen molar-refractivity contribution in [2.75, 3.05) is 33.1 Å². The number of hydrogen-bond donors (Lipinski definition) is 3. The average molecular weight is 524 g/mol. The van der Waals surface area contributed by atoms with Crippen LogP contribution in [0, 0.1) is 23.7 Å². The Balaban J connectivity index is 1.69. The van der Waals surface area contributed by atoms with Crippen LogP contribution in [0.15, 0.2) is 29.1 Å². The first-order valence-corrected chi connectivity index (χ1v) is 12.3. The van der Waals surface area contributed by atoms with Crippen molar-refractivity contribution in [2.24, 2.45) is 29.4 Å². The number of Topliss-reactive ketones (excluding diaryl/α,β-unsaturated/α-hetero) is 4. The fourth-order valence-corrected chi connectivity index (χ4v) is 6.69. The van der Waals surface area contributed by atoms with Crippen molar-refractivity contribution in [2.45, 2.75) is 24.5 Å². The number of furan rings is 1. The van der Waals surface area contributed by atoms with Crippen molar-refractivity contribution in [1.82, 2.24) is 4.90 Å². The zero-order valence-electron chi connectivity index (χ0n) is 21.4. The second kappa shape index (κ2) is 8.60. The van der Waals surface area contributed by atoms with Crippen LogP contribution in [0.3, 0.4) is 0 Å². The van der Waals surface area contributed by atoms with Gasteiger partial charge < -0.3 is 25.3 Å². The molecule has 0 saturated heterocycles. The van der Waals surface area contributed by atoms with Crippen LogP contribution >= 0.6 is 0 Å². The number of carbonyl (C=O) groups is 5. The number of carbonyl (C=O) groups excluding carboxylic acids is 5. The molecule has 4 N–H and O–H groups in total. The minimum absolute atomic E-state index is 0.001000. The van der Waals surface area contributed by atoms with Crippen molar-refractivity contribution in [3.63, 3.8) is 0 Å². The van der Waals surface area contributed by atoms with Gasteiger partial charge in [0.15, 0.2) is 34.7 Å². The van der Waals surface area contributed by atoms with Crippen molar-refractivity contribution >= 4 is 34.7 Å². The van der Waals surface area contributed by atoms with E-state index in [9.17, 15) is 34.2 Å². The number of amides is 1.